The van der Waals surface area contributed by atoms with Crippen molar-refractivity contribution in [3.05, 3.63) is 51.1 Å². The molecule has 2 amide bonds. The lowest BCUT2D eigenvalue weighted by molar-refractivity contribution is -0.130. The summed E-state index contributed by atoms with van der Waals surface area (Å²) in [5.41, 5.74) is 5.49. The zero-order chi connectivity index (χ0) is 21.1. The SMILES string of the molecule is CC(=O)N1CCC[C@@H]1COc1cc(F)cc(Nc2ccc(I)cc2F)c1C(N)=O. The molecular formula is C20H20F2IN3O3. The van der Waals surface area contributed by atoms with Gasteiger partial charge in [0.1, 0.15) is 29.6 Å². The Balaban J connectivity index is 1.89. The van der Waals surface area contributed by atoms with E-state index in [0.717, 1.165) is 25.0 Å². The highest BCUT2D eigenvalue weighted by atomic mass is 127. The van der Waals surface area contributed by atoms with Gasteiger partial charge in [0.05, 0.1) is 17.4 Å². The average molecular weight is 515 g/mol. The number of amides is 2. The molecule has 1 fully saturated rings. The molecule has 9 heteroatoms. The lowest BCUT2D eigenvalue weighted by atomic mass is 10.1. The van der Waals surface area contributed by atoms with Crippen LogP contribution >= 0.6 is 22.6 Å². The highest BCUT2D eigenvalue weighted by molar-refractivity contribution is 14.1. The maximum absolute atomic E-state index is 14.2. The van der Waals surface area contributed by atoms with Gasteiger partial charge in [-0.25, -0.2) is 8.78 Å². The molecule has 1 heterocycles. The van der Waals surface area contributed by atoms with Crippen molar-refractivity contribution < 1.29 is 23.1 Å². The standard InChI is InChI=1S/C20H20F2IN3O3/c1-11(27)26-6-2-3-14(26)10-29-18-8-12(21)7-17(19(18)20(24)28)25-16-5-4-13(23)9-15(16)22/h4-5,7-9,14,25H,2-3,6,10H2,1H3,(H2,24,28)/t14-/m1/s1. The molecule has 154 valence electrons. The molecule has 0 radical (unpaired) electrons. The summed E-state index contributed by atoms with van der Waals surface area (Å²) in [5.74, 6) is -2.19. The Bertz CT molecular complexity index is 955. The molecule has 3 rings (SSSR count). The number of hydrogen-bond donors (Lipinski definition) is 2. The van der Waals surface area contributed by atoms with E-state index in [1.54, 1.807) is 11.0 Å². The third-order valence-corrected chi connectivity index (χ3v) is 5.40. The fourth-order valence-corrected chi connectivity index (χ4v) is 3.85. The van der Waals surface area contributed by atoms with Gasteiger partial charge in [-0.15, -0.1) is 0 Å². The van der Waals surface area contributed by atoms with Crippen LogP contribution in [0.2, 0.25) is 0 Å². The predicted octanol–water partition coefficient (Wildman–Crippen LogP) is 3.80. The van der Waals surface area contributed by atoms with E-state index in [-0.39, 0.29) is 41.2 Å². The van der Waals surface area contributed by atoms with E-state index < -0.39 is 17.5 Å². The summed E-state index contributed by atoms with van der Waals surface area (Å²) in [6.45, 7) is 2.21. The molecule has 1 aliphatic rings. The highest BCUT2D eigenvalue weighted by Gasteiger charge is 2.28. The number of carbonyl (C=O) groups is 2. The van der Waals surface area contributed by atoms with Crippen molar-refractivity contribution >= 4 is 45.8 Å². The molecule has 0 bridgehead atoms. The van der Waals surface area contributed by atoms with Crippen LogP contribution < -0.4 is 15.8 Å². The largest absolute Gasteiger partial charge is 0.490 e. The molecule has 2 aromatic rings. The van der Waals surface area contributed by atoms with Gasteiger partial charge in [0.15, 0.2) is 0 Å². The number of benzene rings is 2. The summed E-state index contributed by atoms with van der Waals surface area (Å²) in [6.07, 6.45) is 1.60. The van der Waals surface area contributed by atoms with E-state index in [0.29, 0.717) is 10.1 Å². The molecular weight excluding hydrogens is 495 g/mol. The third kappa shape index (κ3) is 4.95. The summed E-state index contributed by atoms with van der Waals surface area (Å²) < 4.78 is 34.8. The number of nitrogens with one attached hydrogen (secondary N) is 1. The van der Waals surface area contributed by atoms with Gasteiger partial charge in [0.2, 0.25) is 5.91 Å². The van der Waals surface area contributed by atoms with Crippen molar-refractivity contribution in [2.24, 2.45) is 5.73 Å². The van der Waals surface area contributed by atoms with Crippen LogP contribution in [0.1, 0.15) is 30.1 Å². The Morgan fingerprint density at radius 2 is 2.03 bits per heavy atom. The molecule has 0 unspecified atom stereocenters. The van der Waals surface area contributed by atoms with Crippen LogP contribution in [0.25, 0.3) is 0 Å². The van der Waals surface area contributed by atoms with E-state index in [1.807, 2.05) is 22.6 Å². The van der Waals surface area contributed by atoms with Gasteiger partial charge in [-0.2, -0.15) is 0 Å². The first-order valence-corrected chi connectivity index (χ1v) is 10.1. The molecule has 2 aromatic carbocycles. The summed E-state index contributed by atoms with van der Waals surface area (Å²) in [6, 6.07) is 6.41. The van der Waals surface area contributed by atoms with Crippen LogP contribution in [-0.2, 0) is 4.79 Å². The van der Waals surface area contributed by atoms with Crippen molar-refractivity contribution in [1.82, 2.24) is 4.90 Å². The quantitative estimate of drug-likeness (QED) is 0.574. The first-order valence-electron chi connectivity index (χ1n) is 9.01. The Labute approximate surface area is 180 Å². The second-order valence-electron chi connectivity index (χ2n) is 6.76. The van der Waals surface area contributed by atoms with E-state index in [1.165, 1.54) is 19.1 Å². The number of hydrogen-bond acceptors (Lipinski definition) is 4. The monoisotopic (exact) mass is 515 g/mol. The summed E-state index contributed by atoms with van der Waals surface area (Å²) in [7, 11) is 0. The summed E-state index contributed by atoms with van der Waals surface area (Å²) >= 11 is 1.97. The molecule has 1 aliphatic heterocycles. The number of ether oxygens (including phenoxy) is 1. The fraction of sp³-hybridized carbons (Fsp3) is 0.300. The Hall–Kier alpha value is -2.43. The molecule has 0 aromatic heterocycles. The summed E-state index contributed by atoms with van der Waals surface area (Å²) in [5, 5.41) is 2.72. The number of carbonyl (C=O) groups excluding carboxylic acids is 2. The van der Waals surface area contributed by atoms with Gasteiger partial charge in [-0.3, -0.25) is 9.59 Å². The van der Waals surface area contributed by atoms with Crippen LogP contribution in [0.4, 0.5) is 20.2 Å². The maximum Gasteiger partial charge on any atom is 0.254 e. The fourth-order valence-electron chi connectivity index (χ4n) is 3.39. The highest BCUT2D eigenvalue weighted by Crippen LogP contribution is 2.32. The molecule has 0 spiro atoms. The Morgan fingerprint density at radius 3 is 2.69 bits per heavy atom. The minimum Gasteiger partial charge on any atom is -0.490 e. The van der Waals surface area contributed by atoms with Crippen molar-refractivity contribution in [3.63, 3.8) is 0 Å². The molecule has 6 nitrogen and oxygen atoms in total. The average Bonchev–Trinajstić information content (AvgIpc) is 3.10. The first-order chi connectivity index (χ1) is 13.8. The summed E-state index contributed by atoms with van der Waals surface area (Å²) in [4.78, 5) is 25.5. The van der Waals surface area contributed by atoms with Gasteiger partial charge < -0.3 is 20.7 Å². The molecule has 0 aliphatic carbocycles. The van der Waals surface area contributed by atoms with Gasteiger partial charge in [-0.05, 0) is 59.7 Å². The Morgan fingerprint density at radius 1 is 1.28 bits per heavy atom. The molecule has 0 saturated carbocycles. The normalized spacial score (nSPS) is 16.0. The lowest BCUT2D eigenvalue weighted by Crippen LogP contribution is -2.37. The maximum atomic E-state index is 14.2. The third-order valence-electron chi connectivity index (χ3n) is 4.73. The number of primary amides is 1. The zero-order valence-electron chi connectivity index (χ0n) is 15.7. The lowest BCUT2D eigenvalue weighted by Gasteiger charge is -2.24. The van der Waals surface area contributed by atoms with E-state index in [2.05, 4.69) is 5.32 Å². The minimum atomic E-state index is -0.844. The molecule has 1 saturated heterocycles. The second kappa shape index (κ2) is 8.93. The van der Waals surface area contributed by atoms with E-state index in [4.69, 9.17) is 10.5 Å². The van der Waals surface area contributed by atoms with Crippen LogP contribution in [0.3, 0.4) is 0 Å². The predicted molar refractivity (Wildman–Crippen MR) is 113 cm³/mol. The number of rotatable bonds is 6. The van der Waals surface area contributed by atoms with Crippen molar-refractivity contribution in [3.8, 4) is 5.75 Å². The van der Waals surface area contributed by atoms with Crippen LogP contribution in [0.5, 0.6) is 5.75 Å². The zero-order valence-corrected chi connectivity index (χ0v) is 17.8. The number of likely N-dealkylation sites (tertiary alicyclic amines) is 1. The molecule has 29 heavy (non-hydrogen) atoms. The number of halogens is 3. The Kier molecular flexibility index (Phi) is 6.56. The second-order valence-corrected chi connectivity index (χ2v) is 8.01. The number of nitrogens with zero attached hydrogens (tertiary/aromatic N) is 1. The van der Waals surface area contributed by atoms with Crippen LogP contribution in [0.15, 0.2) is 30.3 Å². The van der Waals surface area contributed by atoms with E-state index in [9.17, 15) is 18.4 Å². The van der Waals surface area contributed by atoms with Crippen molar-refractivity contribution in [2.45, 2.75) is 25.8 Å². The molecule has 3 N–H and O–H groups in total. The van der Waals surface area contributed by atoms with Crippen molar-refractivity contribution in [2.75, 3.05) is 18.5 Å². The first kappa shape index (κ1) is 21.3. The van der Waals surface area contributed by atoms with Gasteiger partial charge in [0.25, 0.3) is 5.91 Å². The van der Waals surface area contributed by atoms with Crippen molar-refractivity contribution in [1.29, 1.82) is 0 Å². The smallest absolute Gasteiger partial charge is 0.254 e. The van der Waals surface area contributed by atoms with Crippen LogP contribution in [-0.4, -0.2) is 35.9 Å². The topological polar surface area (TPSA) is 84.7 Å². The van der Waals surface area contributed by atoms with Gasteiger partial charge in [-0.1, -0.05) is 0 Å². The van der Waals surface area contributed by atoms with Gasteiger partial charge in [0, 0.05) is 23.1 Å². The number of nitrogens with two attached hydrogens (primary N) is 1. The van der Waals surface area contributed by atoms with E-state index >= 15 is 0 Å². The van der Waals surface area contributed by atoms with Gasteiger partial charge >= 0.3 is 0 Å². The molecule has 1 atom stereocenters. The van der Waals surface area contributed by atoms with Crippen LogP contribution in [0, 0.1) is 15.2 Å². The minimum absolute atomic E-state index is 0.00227. The number of anilines is 2.